The number of alkyl halides is 3. The summed E-state index contributed by atoms with van der Waals surface area (Å²) in [4.78, 5) is 8.49. The maximum Gasteiger partial charge on any atom is 0.416 e. The van der Waals surface area contributed by atoms with Crippen LogP contribution in [0.1, 0.15) is 27.9 Å². The van der Waals surface area contributed by atoms with Crippen molar-refractivity contribution < 1.29 is 17.9 Å². The Hall–Kier alpha value is -2.77. The van der Waals surface area contributed by atoms with Gasteiger partial charge in [0, 0.05) is 30.9 Å². The largest absolute Gasteiger partial charge is 0.496 e. The van der Waals surface area contributed by atoms with Crippen molar-refractivity contribution in [3.63, 3.8) is 0 Å². The molecule has 0 radical (unpaired) electrons. The number of pyridine rings is 1. The Labute approximate surface area is 156 Å². The molecular formula is C19H23F3N4O. The number of ether oxygens (including phenoxy) is 1. The Kier molecular flexibility index (Phi) is 6.65. The van der Waals surface area contributed by atoms with Crippen LogP contribution in [-0.4, -0.2) is 25.1 Å². The van der Waals surface area contributed by atoms with Crippen molar-refractivity contribution in [2.45, 2.75) is 33.1 Å². The number of aromatic nitrogens is 1. The van der Waals surface area contributed by atoms with Crippen molar-refractivity contribution in [3.8, 4) is 5.75 Å². The number of guanidine groups is 1. The van der Waals surface area contributed by atoms with Gasteiger partial charge in [0.2, 0.25) is 0 Å². The first-order valence-electron chi connectivity index (χ1n) is 8.36. The zero-order valence-electron chi connectivity index (χ0n) is 15.7. The summed E-state index contributed by atoms with van der Waals surface area (Å²) in [6.45, 7) is 4.47. The summed E-state index contributed by atoms with van der Waals surface area (Å²) in [6.07, 6.45) is -2.62. The highest BCUT2D eigenvalue weighted by Gasteiger charge is 2.30. The van der Waals surface area contributed by atoms with Crippen LogP contribution in [0, 0.1) is 13.8 Å². The summed E-state index contributed by atoms with van der Waals surface area (Å²) in [5.74, 6) is 1.25. The van der Waals surface area contributed by atoms with Gasteiger partial charge in [-0.25, -0.2) is 0 Å². The first kappa shape index (κ1) is 20.5. The first-order valence-corrected chi connectivity index (χ1v) is 8.36. The molecule has 8 heteroatoms. The van der Waals surface area contributed by atoms with E-state index in [1.54, 1.807) is 26.4 Å². The molecule has 0 unspecified atom stereocenters. The summed E-state index contributed by atoms with van der Waals surface area (Å²) in [5, 5.41) is 6.12. The highest BCUT2D eigenvalue weighted by Crippen LogP contribution is 2.29. The van der Waals surface area contributed by atoms with Crippen LogP contribution in [0.2, 0.25) is 0 Å². The fourth-order valence-corrected chi connectivity index (χ4v) is 2.68. The standard InChI is InChI=1S/C19H23F3N4O/c1-12-9-24-16(13(2)17(12)27-4)11-26-18(23-3)25-10-14-6-5-7-15(8-14)19(20,21)22/h5-9H,10-11H2,1-4H3,(H2,23,25,26). The molecule has 0 aliphatic carbocycles. The maximum absolute atomic E-state index is 12.8. The summed E-state index contributed by atoms with van der Waals surface area (Å²) >= 11 is 0. The lowest BCUT2D eigenvalue weighted by Crippen LogP contribution is -2.36. The van der Waals surface area contributed by atoms with Gasteiger partial charge in [-0.05, 0) is 31.5 Å². The van der Waals surface area contributed by atoms with Gasteiger partial charge in [0.25, 0.3) is 0 Å². The number of hydrogen-bond acceptors (Lipinski definition) is 3. The number of hydrogen-bond donors (Lipinski definition) is 2. The molecule has 0 aliphatic heterocycles. The quantitative estimate of drug-likeness (QED) is 0.615. The third-order valence-corrected chi connectivity index (χ3v) is 4.11. The third-order valence-electron chi connectivity index (χ3n) is 4.11. The Bertz CT molecular complexity index is 819. The van der Waals surface area contributed by atoms with Gasteiger partial charge in [-0.2, -0.15) is 13.2 Å². The van der Waals surface area contributed by atoms with Gasteiger partial charge in [0.05, 0.1) is 24.9 Å². The van der Waals surface area contributed by atoms with Gasteiger partial charge >= 0.3 is 6.18 Å². The lowest BCUT2D eigenvalue weighted by atomic mass is 10.1. The molecule has 0 saturated carbocycles. The van der Waals surface area contributed by atoms with Crippen molar-refractivity contribution in [2.75, 3.05) is 14.2 Å². The molecule has 0 spiro atoms. The SMILES string of the molecule is CN=C(NCc1cccc(C(F)(F)F)c1)NCc1ncc(C)c(OC)c1C. The molecule has 0 bridgehead atoms. The molecule has 0 amide bonds. The van der Waals surface area contributed by atoms with Gasteiger partial charge in [-0.15, -0.1) is 0 Å². The van der Waals surface area contributed by atoms with Crippen molar-refractivity contribution in [1.82, 2.24) is 15.6 Å². The van der Waals surface area contributed by atoms with E-state index in [1.165, 1.54) is 6.07 Å². The molecule has 2 N–H and O–H groups in total. The van der Waals surface area contributed by atoms with Crippen LogP contribution < -0.4 is 15.4 Å². The summed E-state index contributed by atoms with van der Waals surface area (Å²) < 4.78 is 43.8. The fourth-order valence-electron chi connectivity index (χ4n) is 2.68. The Morgan fingerprint density at radius 2 is 1.89 bits per heavy atom. The highest BCUT2D eigenvalue weighted by molar-refractivity contribution is 5.79. The van der Waals surface area contributed by atoms with Crippen molar-refractivity contribution in [1.29, 1.82) is 0 Å². The third kappa shape index (κ3) is 5.35. The van der Waals surface area contributed by atoms with Crippen LogP contribution in [0.25, 0.3) is 0 Å². The predicted molar refractivity (Wildman–Crippen MR) is 98.7 cm³/mol. The Balaban J connectivity index is 2.00. The number of methoxy groups -OCH3 is 1. The smallest absolute Gasteiger partial charge is 0.416 e. The molecule has 2 rings (SSSR count). The summed E-state index contributed by atoms with van der Waals surface area (Å²) in [6, 6.07) is 5.20. The van der Waals surface area contributed by atoms with E-state index in [0.717, 1.165) is 34.7 Å². The second-order valence-corrected chi connectivity index (χ2v) is 6.02. The number of nitrogens with zero attached hydrogens (tertiary/aromatic N) is 2. The lowest BCUT2D eigenvalue weighted by Gasteiger charge is -2.15. The van der Waals surface area contributed by atoms with Crippen LogP contribution in [-0.2, 0) is 19.3 Å². The van der Waals surface area contributed by atoms with E-state index >= 15 is 0 Å². The first-order chi connectivity index (χ1) is 12.8. The molecule has 0 saturated heterocycles. The Morgan fingerprint density at radius 3 is 2.52 bits per heavy atom. The van der Waals surface area contributed by atoms with Crippen molar-refractivity contribution in [2.24, 2.45) is 4.99 Å². The maximum atomic E-state index is 12.8. The number of rotatable bonds is 5. The van der Waals surface area contributed by atoms with Gasteiger partial charge in [0.15, 0.2) is 5.96 Å². The minimum atomic E-state index is -4.36. The van der Waals surface area contributed by atoms with Crippen LogP contribution in [0.15, 0.2) is 35.5 Å². The van der Waals surface area contributed by atoms with Crippen LogP contribution in [0.4, 0.5) is 13.2 Å². The minimum absolute atomic E-state index is 0.215. The van der Waals surface area contributed by atoms with Crippen LogP contribution in [0.3, 0.4) is 0 Å². The zero-order chi connectivity index (χ0) is 20.0. The molecule has 1 aromatic heterocycles. The van der Waals surface area contributed by atoms with E-state index in [2.05, 4.69) is 20.6 Å². The van der Waals surface area contributed by atoms with E-state index in [4.69, 9.17) is 4.74 Å². The van der Waals surface area contributed by atoms with Gasteiger partial charge < -0.3 is 15.4 Å². The van der Waals surface area contributed by atoms with Crippen LogP contribution in [0.5, 0.6) is 5.75 Å². The molecule has 2 aromatic rings. The van der Waals surface area contributed by atoms with Crippen LogP contribution >= 0.6 is 0 Å². The molecular weight excluding hydrogens is 357 g/mol. The number of benzene rings is 1. The molecule has 1 heterocycles. The Morgan fingerprint density at radius 1 is 1.19 bits per heavy atom. The average molecular weight is 380 g/mol. The topological polar surface area (TPSA) is 58.5 Å². The highest BCUT2D eigenvalue weighted by atomic mass is 19.4. The molecule has 5 nitrogen and oxygen atoms in total. The number of halogens is 3. The average Bonchev–Trinajstić information content (AvgIpc) is 2.63. The second kappa shape index (κ2) is 8.75. The molecule has 27 heavy (non-hydrogen) atoms. The van der Waals surface area contributed by atoms with E-state index in [9.17, 15) is 13.2 Å². The minimum Gasteiger partial charge on any atom is -0.496 e. The monoisotopic (exact) mass is 380 g/mol. The van der Waals surface area contributed by atoms with Crippen molar-refractivity contribution >= 4 is 5.96 Å². The second-order valence-electron chi connectivity index (χ2n) is 6.02. The van der Waals surface area contributed by atoms with Gasteiger partial charge in [0.1, 0.15) is 5.75 Å². The normalized spacial score (nSPS) is 12.0. The molecule has 1 aromatic carbocycles. The van der Waals surface area contributed by atoms with E-state index in [1.807, 2.05) is 13.8 Å². The molecule has 146 valence electrons. The van der Waals surface area contributed by atoms with Gasteiger partial charge in [-0.1, -0.05) is 12.1 Å². The molecule has 0 fully saturated rings. The summed E-state index contributed by atoms with van der Waals surface area (Å²) in [7, 11) is 3.21. The van der Waals surface area contributed by atoms with Crippen molar-refractivity contribution in [3.05, 3.63) is 58.4 Å². The zero-order valence-corrected chi connectivity index (χ0v) is 15.7. The number of nitrogens with one attached hydrogen (secondary N) is 2. The predicted octanol–water partition coefficient (Wildman–Crippen LogP) is 3.59. The van der Waals surface area contributed by atoms with E-state index in [-0.39, 0.29) is 6.54 Å². The number of aliphatic imine (C=N–C) groups is 1. The fraction of sp³-hybridized carbons (Fsp3) is 0.368. The van der Waals surface area contributed by atoms with E-state index in [0.29, 0.717) is 18.1 Å². The molecule has 0 atom stereocenters. The molecule has 0 aliphatic rings. The van der Waals surface area contributed by atoms with Gasteiger partial charge in [-0.3, -0.25) is 9.98 Å². The van der Waals surface area contributed by atoms with E-state index < -0.39 is 11.7 Å². The number of aryl methyl sites for hydroxylation is 1. The lowest BCUT2D eigenvalue weighted by molar-refractivity contribution is -0.137. The summed E-state index contributed by atoms with van der Waals surface area (Å²) in [5.41, 5.74) is 2.53.